The van der Waals surface area contributed by atoms with Gasteiger partial charge in [0, 0.05) is 18.9 Å². The van der Waals surface area contributed by atoms with Crippen LogP contribution in [0.25, 0.3) is 0 Å². The van der Waals surface area contributed by atoms with Crippen LogP contribution in [-0.2, 0) is 9.59 Å². The van der Waals surface area contributed by atoms with Gasteiger partial charge in [0.05, 0.1) is 5.69 Å². The molecule has 1 unspecified atom stereocenters. The molecular weight excluding hydrogens is 236 g/mol. The van der Waals surface area contributed by atoms with Crippen LogP contribution in [0.5, 0.6) is 0 Å². The molecular formula is C12H14N2O4. The van der Waals surface area contributed by atoms with E-state index < -0.39 is 17.8 Å². The smallest absolute Gasteiger partial charge is 0.320 e. The summed E-state index contributed by atoms with van der Waals surface area (Å²) in [5, 5.41) is 11.2. The van der Waals surface area contributed by atoms with Crippen LogP contribution >= 0.6 is 0 Å². The summed E-state index contributed by atoms with van der Waals surface area (Å²) in [7, 11) is 0. The summed E-state index contributed by atoms with van der Waals surface area (Å²) >= 11 is 0. The highest BCUT2D eigenvalue weighted by atomic mass is 16.4. The Balaban J connectivity index is 2.91. The summed E-state index contributed by atoms with van der Waals surface area (Å²) in [5.41, 5.74) is 5.91. The Morgan fingerprint density at radius 3 is 2.50 bits per heavy atom. The summed E-state index contributed by atoms with van der Waals surface area (Å²) in [4.78, 5) is 33.4. The SMILES string of the molecule is CC(=O)Nc1ccccc1C(=O)CC(N)C(=O)O. The van der Waals surface area contributed by atoms with Crippen LogP contribution in [0.15, 0.2) is 24.3 Å². The van der Waals surface area contributed by atoms with E-state index in [4.69, 9.17) is 10.8 Å². The number of anilines is 1. The van der Waals surface area contributed by atoms with Crippen molar-refractivity contribution in [2.24, 2.45) is 5.73 Å². The van der Waals surface area contributed by atoms with Crippen LogP contribution < -0.4 is 11.1 Å². The second-order valence-electron chi connectivity index (χ2n) is 3.80. The number of hydrogen-bond donors (Lipinski definition) is 3. The van der Waals surface area contributed by atoms with Crippen molar-refractivity contribution >= 4 is 23.3 Å². The van der Waals surface area contributed by atoms with Crippen molar-refractivity contribution in [1.82, 2.24) is 0 Å². The van der Waals surface area contributed by atoms with Crippen molar-refractivity contribution < 1.29 is 19.5 Å². The molecule has 96 valence electrons. The highest BCUT2D eigenvalue weighted by Crippen LogP contribution is 2.17. The Bertz CT molecular complexity index is 485. The van der Waals surface area contributed by atoms with Gasteiger partial charge >= 0.3 is 5.97 Å². The number of ketones is 1. The molecule has 0 aliphatic carbocycles. The number of carbonyl (C=O) groups excluding carboxylic acids is 2. The summed E-state index contributed by atoms with van der Waals surface area (Å²) in [6.45, 7) is 1.32. The number of carboxylic acids is 1. The topological polar surface area (TPSA) is 109 Å². The molecule has 6 heteroatoms. The Labute approximate surface area is 104 Å². The molecule has 18 heavy (non-hydrogen) atoms. The lowest BCUT2D eigenvalue weighted by atomic mass is 10.0. The van der Waals surface area contributed by atoms with Crippen molar-refractivity contribution in [2.45, 2.75) is 19.4 Å². The van der Waals surface area contributed by atoms with Gasteiger partial charge in [-0.1, -0.05) is 12.1 Å². The molecule has 0 radical (unpaired) electrons. The van der Waals surface area contributed by atoms with Gasteiger partial charge in [-0.25, -0.2) is 0 Å². The summed E-state index contributed by atoms with van der Waals surface area (Å²) in [6.07, 6.45) is -0.314. The number of carboxylic acid groups (broad SMARTS) is 1. The molecule has 1 aromatic rings. The Hall–Kier alpha value is -2.21. The van der Waals surface area contributed by atoms with Gasteiger partial charge in [0.25, 0.3) is 0 Å². The van der Waals surface area contributed by atoms with E-state index in [-0.39, 0.29) is 17.9 Å². The molecule has 0 fully saturated rings. The molecule has 0 saturated carbocycles. The summed E-state index contributed by atoms with van der Waals surface area (Å²) < 4.78 is 0. The van der Waals surface area contributed by atoms with Gasteiger partial charge in [-0.05, 0) is 12.1 Å². The molecule has 0 aliphatic heterocycles. The quantitative estimate of drug-likeness (QED) is 0.664. The largest absolute Gasteiger partial charge is 0.480 e. The van der Waals surface area contributed by atoms with E-state index in [0.29, 0.717) is 5.69 Å². The van der Waals surface area contributed by atoms with Gasteiger partial charge < -0.3 is 16.2 Å². The lowest BCUT2D eigenvalue weighted by Gasteiger charge is -2.10. The first-order chi connectivity index (χ1) is 8.41. The molecule has 0 aliphatic rings. The molecule has 0 bridgehead atoms. The number of aliphatic carboxylic acids is 1. The van der Waals surface area contributed by atoms with Crippen LogP contribution in [0.2, 0.25) is 0 Å². The standard InChI is InChI=1S/C12H14N2O4/c1-7(15)14-10-5-3-2-4-8(10)11(16)6-9(13)12(17)18/h2-5,9H,6,13H2,1H3,(H,14,15)(H,17,18). The third-order valence-electron chi connectivity index (χ3n) is 2.26. The number of Topliss-reactive ketones (excluding diaryl/α,β-unsaturated/α-hetero) is 1. The number of nitrogens with two attached hydrogens (primary N) is 1. The minimum absolute atomic E-state index is 0.254. The predicted molar refractivity (Wildman–Crippen MR) is 65.3 cm³/mol. The van der Waals surface area contributed by atoms with Crippen LogP contribution in [0, 0.1) is 0 Å². The number of carbonyl (C=O) groups is 3. The first-order valence-electron chi connectivity index (χ1n) is 5.30. The molecule has 1 aromatic carbocycles. The van der Waals surface area contributed by atoms with E-state index in [0.717, 1.165) is 0 Å². The lowest BCUT2D eigenvalue weighted by Crippen LogP contribution is -2.32. The second kappa shape index (κ2) is 5.92. The average Bonchev–Trinajstić information content (AvgIpc) is 2.28. The molecule has 0 spiro atoms. The van der Waals surface area contributed by atoms with E-state index in [9.17, 15) is 14.4 Å². The van der Waals surface area contributed by atoms with Crippen molar-refractivity contribution in [3.05, 3.63) is 29.8 Å². The van der Waals surface area contributed by atoms with E-state index in [1.165, 1.54) is 13.0 Å². The highest BCUT2D eigenvalue weighted by molar-refractivity contribution is 6.05. The fourth-order valence-electron chi connectivity index (χ4n) is 1.42. The second-order valence-corrected chi connectivity index (χ2v) is 3.80. The number of amides is 1. The van der Waals surface area contributed by atoms with E-state index in [1.807, 2.05) is 0 Å². The molecule has 0 heterocycles. The van der Waals surface area contributed by atoms with Gasteiger partial charge in [-0.2, -0.15) is 0 Å². The van der Waals surface area contributed by atoms with Crippen molar-refractivity contribution in [3.8, 4) is 0 Å². The Morgan fingerprint density at radius 2 is 1.94 bits per heavy atom. The van der Waals surface area contributed by atoms with Crippen molar-refractivity contribution in [3.63, 3.8) is 0 Å². The molecule has 0 saturated heterocycles. The number of nitrogens with one attached hydrogen (secondary N) is 1. The van der Waals surface area contributed by atoms with E-state index >= 15 is 0 Å². The fraction of sp³-hybridized carbons (Fsp3) is 0.250. The number of hydrogen-bond acceptors (Lipinski definition) is 4. The van der Waals surface area contributed by atoms with Gasteiger partial charge in [0.1, 0.15) is 6.04 Å². The zero-order valence-electron chi connectivity index (χ0n) is 9.84. The maximum Gasteiger partial charge on any atom is 0.320 e. The number of rotatable bonds is 5. The predicted octanol–water partition coefficient (Wildman–Crippen LogP) is 0.630. The van der Waals surface area contributed by atoms with Crippen LogP contribution in [0.4, 0.5) is 5.69 Å². The van der Waals surface area contributed by atoms with Crippen LogP contribution in [-0.4, -0.2) is 28.8 Å². The minimum atomic E-state index is -1.25. The summed E-state index contributed by atoms with van der Waals surface area (Å²) in [6, 6.07) is 5.13. The maximum atomic E-state index is 11.9. The maximum absolute atomic E-state index is 11.9. The Kier molecular flexibility index (Phi) is 4.56. The molecule has 0 aromatic heterocycles. The van der Waals surface area contributed by atoms with E-state index in [1.54, 1.807) is 18.2 Å². The third-order valence-corrected chi connectivity index (χ3v) is 2.26. The normalized spacial score (nSPS) is 11.7. The van der Waals surface area contributed by atoms with Crippen LogP contribution in [0.3, 0.4) is 0 Å². The molecule has 1 amide bonds. The molecule has 1 rings (SSSR count). The summed E-state index contributed by atoms with van der Waals surface area (Å²) in [5.74, 6) is -1.97. The van der Waals surface area contributed by atoms with Crippen molar-refractivity contribution in [2.75, 3.05) is 5.32 Å². The minimum Gasteiger partial charge on any atom is -0.480 e. The highest BCUT2D eigenvalue weighted by Gasteiger charge is 2.19. The lowest BCUT2D eigenvalue weighted by molar-refractivity contribution is -0.138. The zero-order valence-corrected chi connectivity index (χ0v) is 9.84. The first-order valence-corrected chi connectivity index (χ1v) is 5.30. The van der Waals surface area contributed by atoms with Crippen LogP contribution in [0.1, 0.15) is 23.7 Å². The monoisotopic (exact) mass is 250 g/mol. The number of para-hydroxylation sites is 1. The van der Waals surface area contributed by atoms with Crippen molar-refractivity contribution in [1.29, 1.82) is 0 Å². The molecule has 6 nitrogen and oxygen atoms in total. The number of benzene rings is 1. The average molecular weight is 250 g/mol. The van der Waals surface area contributed by atoms with E-state index in [2.05, 4.69) is 5.32 Å². The Morgan fingerprint density at radius 1 is 1.33 bits per heavy atom. The van der Waals surface area contributed by atoms with Gasteiger partial charge in [-0.15, -0.1) is 0 Å². The first kappa shape index (κ1) is 13.9. The molecule has 4 N–H and O–H groups in total. The third kappa shape index (κ3) is 3.67. The van der Waals surface area contributed by atoms with Gasteiger partial charge in [0.15, 0.2) is 5.78 Å². The van der Waals surface area contributed by atoms with Gasteiger partial charge in [0.2, 0.25) is 5.91 Å². The molecule has 1 atom stereocenters. The zero-order chi connectivity index (χ0) is 13.7. The van der Waals surface area contributed by atoms with Gasteiger partial charge in [-0.3, -0.25) is 14.4 Å². The fourth-order valence-corrected chi connectivity index (χ4v) is 1.42.